The van der Waals surface area contributed by atoms with E-state index >= 15 is 0 Å². The molecule has 2 heterocycles. The van der Waals surface area contributed by atoms with Crippen molar-refractivity contribution in [2.24, 2.45) is 0 Å². The van der Waals surface area contributed by atoms with Crippen molar-refractivity contribution in [3.63, 3.8) is 0 Å². The third kappa shape index (κ3) is 1.45. The number of hydrogen-bond acceptors (Lipinski definition) is 5. The molecule has 3 N–H and O–H groups in total. The van der Waals surface area contributed by atoms with Crippen molar-refractivity contribution in [1.82, 2.24) is 9.97 Å². The summed E-state index contributed by atoms with van der Waals surface area (Å²) in [6.45, 7) is -0.155. The summed E-state index contributed by atoms with van der Waals surface area (Å²) in [4.78, 5) is 8.07. The van der Waals surface area contributed by atoms with Gasteiger partial charge in [0.15, 0.2) is 5.82 Å². The molecule has 0 spiro atoms. The van der Waals surface area contributed by atoms with Crippen molar-refractivity contribution in [1.29, 1.82) is 0 Å². The largest absolute Gasteiger partial charge is 0.472 e. The zero-order valence-electron chi connectivity index (χ0n) is 7.34. The van der Waals surface area contributed by atoms with Crippen LogP contribution in [0.2, 0.25) is 0 Å². The molecule has 0 unspecified atom stereocenters. The standard InChI is InChI=1S/C9H9N3O2/c10-8-7(4-13)3-11-9(12-8)6-1-2-14-5-6/h1-3,5,13H,4H2,(H2,10,11,12). The number of anilines is 1. The summed E-state index contributed by atoms with van der Waals surface area (Å²) in [6, 6.07) is 1.74. The first-order valence-electron chi connectivity index (χ1n) is 4.06. The highest BCUT2D eigenvalue weighted by Crippen LogP contribution is 2.17. The molecule has 2 aromatic rings. The third-order valence-corrected chi connectivity index (χ3v) is 1.85. The van der Waals surface area contributed by atoms with Crippen LogP contribution in [0.4, 0.5) is 5.82 Å². The summed E-state index contributed by atoms with van der Waals surface area (Å²) in [5.74, 6) is 0.784. The lowest BCUT2D eigenvalue weighted by Gasteiger charge is -2.01. The molecule has 0 aliphatic heterocycles. The van der Waals surface area contributed by atoms with Gasteiger partial charge in [-0.15, -0.1) is 0 Å². The van der Waals surface area contributed by atoms with Crippen LogP contribution in [-0.4, -0.2) is 15.1 Å². The van der Waals surface area contributed by atoms with Gasteiger partial charge in [0.2, 0.25) is 0 Å². The van der Waals surface area contributed by atoms with Gasteiger partial charge in [0.05, 0.1) is 18.4 Å². The van der Waals surface area contributed by atoms with Crippen LogP contribution in [0.5, 0.6) is 0 Å². The minimum atomic E-state index is -0.155. The number of rotatable bonds is 2. The fourth-order valence-electron chi connectivity index (χ4n) is 1.07. The molecule has 5 nitrogen and oxygen atoms in total. The van der Waals surface area contributed by atoms with E-state index in [2.05, 4.69) is 9.97 Å². The van der Waals surface area contributed by atoms with Crippen molar-refractivity contribution in [2.45, 2.75) is 6.61 Å². The van der Waals surface area contributed by atoms with Gasteiger partial charge in [-0.2, -0.15) is 0 Å². The molecule has 2 rings (SSSR count). The van der Waals surface area contributed by atoms with Crippen molar-refractivity contribution in [3.05, 3.63) is 30.4 Å². The number of aromatic nitrogens is 2. The minimum Gasteiger partial charge on any atom is -0.472 e. The van der Waals surface area contributed by atoms with E-state index in [0.717, 1.165) is 5.56 Å². The quantitative estimate of drug-likeness (QED) is 0.733. The zero-order chi connectivity index (χ0) is 9.97. The smallest absolute Gasteiger partial charge is 0.164 e. The Morgan fingerprint density at radius 3 is 2.93 bits per heavy atom. The Balaban J connectivity index is 2.43. The molecule has 0 aromatic carbocycles. The summed E-state index contributed by atoms with van der Waals surface area (Å²) < 4.78 is 4.90. The van der Waals surface area contributed by atoms with E-state index < -0.39 is 0 Å². The average Bonchev–Trinajstić information content (AvgIpc) is 2.70. The first kappa shape index (κ1) is 8.71. The average molecular weight is 191 g/mol. The molecule has 2 aromatic heterocycles. The van der Waals surface area contributed by atoms with Crippen LogP contribution in [0.1, 0.15) is 5.56 Å². The van der Waals surface area contributed by atoms with Crippen LogP contribution in [0.3, 0.4) is 0 Å². The first-order valence-corrected chi connectivity index (χ1v) is 4.06. The first-order chi connectivity index (χ1) is 6.81. The molecule has 0 saturated carbocycles. The predicted octanol–water partition coefficient (Wildman–Crippen LogP) is 0.811. The second kappa shape index (κ2) is 3.47. The fourth-order valence-corrected chi connectivity index (χ4v) is 1.07. The van der Waals surface area contributed by atoms with Crippen molar-refractivity contribution >= 4 is 5.82 Å². The Morgan fingerprint density at radius 2 is 2.36 bits per heavy atom. The maximum absolute atomic E-state index is 8.86. The molecule has 72 valence electrons. The summed E-state index contributed by atoms with van der Waals surface area (Å²) in [5, 5.41) is 8.86. The number of nitrogen functional groups attached to an aromatic ring is 1. The van der Waals surface area contributed by atoms with E-state index in [4.69, 9.17) is 15.3 Å². The van der Waals surface area contributed by atoms with Gasteiger partial charge in [-0.25, -0.2) is 9.97 Å². The number of nitrogens with zero attached hydrogens (tertiary/aromatic N) is 2. The minimum absolute atomic E-state index is 0.155. The maximum atomic E-state index is 8.86. The van der Waals surface area contributed by atoms with Gasteiger partial charge in [0.1, 0.15) is 12.1 Å². The van der Waals surface area contributed by atoms with E-state index in [1.165, 1.54) is 18.7 Å². The molecule has 0 fully saturated rings. The van der Waals surface area contributed by atoms with Gasteiger partial charge in [-0.05, 0) is 6.07 Å². The molecule has 0 atom stereocenters. The molecule has 0 saturated heterocycles. The van der Waals surface area contributed by atoms with Gasteiger partial charge >= 0.3 is 0 Å². The fraction of sp³-hybridized carbons (Fsp3) is 0.111. The van der Waals surface area contributed by atoms with Crippen molar-refractivity contribution in [3.8, 4) is 11.4 Å². The Bertz CT molecular complexity index is 426. The normalized spacial score (nSPS) is 10.4. The molecular weight excluding hydrogens is 182 g/mol. The van der Waals surface area contributed by atoms with Gasteiger partial charge in [-0.1, -0.05) is 0 Å². The molecular formula is C9H9N3O2. The number of aliphatic hydroxyl groups is 1. The van der Waals surface area contributed by atoms with Crippen LogP contribution in [0.25, 0.3) is 11.4 Å². The lowest BCUT2D eigenvalue weighted by molar-refractivity contribution is 0.281. The highest BCUT2D eigenvalue weighted by Gasteiger charge is 2.05. The molecule has 14 heavy (non-hydrogen) atoms. The van der Waals surface area contributed by atoms with Crippen LogP contribution in [0.15, 0.2) is 29.2 Å². The van der Waals surface area contributed by atoms with Crippen LogP contribution in [0, 0.1) is 0 Å². The monoisotopic (exact) mass is 191 g/mol. The van der Waals surface area contributed by atoms with E-state index in [9.17, 15) is 0 Å². The van der Waals surface area contributed by atoms with Gasteiger partial charge in [0, 0.05) is 11.8 Å². The maximum Gasteiger partial charge on any atom is 0.164 e. The lowest BCUT2D eigenvalue weighted by Crippen LogP contribution is -2.00. The van der Waals surface area contributed by atoms with E-state index in [1.54, 1.807) is 6.07 Å². The third-order valence-electron chi connectivity index (χ3n) is 1.85. The lowest BCUT2D eigenvalue weighted by atomic mass is 10.3. The molecule has 0 amide bonds. The van der Waals surface area contributed by atoms with E-state index in [-0.39, 0.29) is 6.61 Å². The van der Waals surface area contributed by atoms with Crippen LogP contribution in [-0.2, 0) is 6.61 Å². The topological polar surface area (TPSA) is 85.2 Å². The number of hydrogen-bond donors (Lipinski definition) is 2. The summed E-state index contributed by atoms with van der Waals surface area (Å²) in [7, 11) is 0. The Morgan fingerprint density at radius 1 is 1.50 bits per heavy atom. The summed E-state index contributed by atoms with van der Waals surface area (Å²) in [5.41, 5.74) is 6.89. The summed E-state index contributed by atoms with van der Waals surface area (Å²) in [6.07, 6.45) is 4.58. The van der Waals surface area contributed by atoms with Crippen molar-refractivity contribution in [2.75, 3.05) is 5.73 Å². The van der Waals surface area contributed by atoms with Crippen LogP contribution >= 0.6 is 0 Å². The number of nitrogens with two attached hydrogens (primary N) is 1. The van der Waals surface area contributed by atoms with E-state index in [0.29, 0.717) is 17.2 Å². The predicted molar refractivity (Wildman–Crippen MR) is 50.1 cm³/mol. The molecule has 0 aliphatic carbocycles. The zero-order valence-corrected chi connectivity index (χ0v) is 7.34. The SMILES string of the molecule is Nc1nc(-c2ccoc2)ncc1CO. The van der Waals surface area contributed by atoms with E-state index in [1.807, 2.05) is 0 Å². The Kier molecular flexibility index (Phi) is 2.16. The van der Waals surface area contributed by atoms with Gasteiger partial charge < -0.3 is 15.3 Å². The number of furan rings is 1. The molecule has 5 heteroatoms. The second-order valence-electron chi connectivity index (χ2n) is 2.77. The number of aliphatic hydroxyl groups excluding tert-OH is 1. The Labute approximate surface area is 80.2 Å². The molecule has 0 aliphatic rings. The highest BCUT2D eigenvalue weighted by atomic mass is 16.3. The van der Waals surface area contributed by atoms with Crippen LogP contribution < -0.4 is 5.73 Å². The molecule has 0 bridgehead atoms. The van der Waals surface area contributed by atoms with Gasteiger partial charge in [-0.3, -0.25) is 0 Å². The summed E-state index contributed by atoms with van der Waals surface area (Å²) >= 11 is 0. The molecule has 0 radical (unpaired) electrons. The van der Waals surface area contributed by atoms with Crippen molar-refractivity contribution < 1.29 is 9.52 Å². The highest BCUT2D eigenvalue weighted by molar-refractivity contribution is 5.55. The van der Waals surface area contributed by atoms with Gasteiger partial charge in [0.25, 0.3) is 0 Å². The Hall–Kier alpha value is -1.88. The second-order valence-corrected chi connectivity index (χ2v) is 2.77.